The Bertz CT molecular complexity index is 391. The summed E-state index contributed by atoms with van der Waals surface area (Å²) in [6.07, 6.45) is 4.12. The summed E-state index contributed by atoms with van der Waals surface area (Å²) in [7, 11) is 0. The zero-order chi connectivity index (χ0) is 13.2. The van der Waals surface area contributed by atoms with Crippen LogP contribution in [-0.2, 0) is 0 Å². The van der Waals surface area contributed by atoms with Gasteiger partial charge in [-0.2, -0.15) is 0 Å². The minimum Gasteiger partial charge on any atom is -0.394 e. The zero-order valence-corrected chi connectivity index (χ0v) is 11.2. The van der Waals surface area contributed by atoms with E-state index in [1.165, 1.54) is 12.1 Å². The number of rotatable bonds is 3. The van der Waals surface area contributed by atoms with E-state index in [0.717, 1.165) is 42.9 Å². The van der Waals surface area contributed by atoms with Crippen LogP contribution < -0.4 is 5.32 Å². The lowest BCUT2D eigenvalue weighted by Gasteiger charge is -2.39. The minimum absolute atomic E-state index is 0.106. The Morgan fingerprint density at radius 1 is 1.33 bits per heavy atom. The normalized spacial score (nSPS) is 28.1. The van der Waals surface area contributed by atoms with Crippen LogP contribution in [0.15, 0.2) is 18.2 Å². The van der Waals surface area contributed by atoms with Crippen molar-refractivity contribution in [3.63, 3.8) is 0 Å². The molecule has 0 unspecified atom stereocenters. The SMILES string of the molecule is Cc1cc(F)cc(NC2(CO)CCC(C)CC2)c1. The lowest BCUT2D eigenvalue weighted by atomic mass is 9.77. The molecule has 0 heterocycles. The number of aliphatic hydroxyl groups is 1. The molecule has 0 aliphatic heterocycles. The number of halogens is 1. The van der Waals surface area contributed by atoms with Crippen LogP contribution >= 0.6 is 0 Å². The molecule has 0 amide bonds. The molecule has 0 bridgehead atoms. The van der Waals surface area contributed by atoms with Gasteiger partial charge in [0.05, 0.1) is 12.1 Å². The van der Waals surface area contributed by atoms with Gasteiger partial charge >= 0.3 is 0 Å². The van der Waals surface area contributed by atoms with Gasteiger partial charge in [-0.25, -0.2) is 4.39 Å². The van der Waals surface area contributed by atoms with Gasteiger partial charge in [0, 0.05) is 5.69 Å². The number of nitrogens with one attached hydrogen (secondary N) is 1. The molecule has 0 saturated heterocycles. The number of benzene rings is 1. The van der Waals surface area contributed by atoms with Crippen LogP contribution in [0.5, 0.6) is 0 Å². The first kappa shape index (κ1) is 13.3. The van der Waals surface area contributed by atoms with Gasteiger partial charge in [0.1, 0.15) is 5.82 Å². The van der Waals surface area contributed by atoms with Crippen LogP contribution in [-0.4, -0.2) is 17.3 Å². The maximum Gasteiger partial charge on any atom is 0.125 e. The Morgan fingerprint density at radius 2 is 2.00 bits per heavy atom. The van der Waals surface area contributed by atoms with E-state index in [4.69, 9.17) is 0 Å². The van der Waals surface area contributed by atoms with E-state index in [-0.39, 0.29) is 18.0 Å². The van der Waals surface area contributed by atoms with Crippen molar-refractivity contribution in [1.82, 2.24) is 0 Å². The molecule has 1 aromatic carbocycles. The summed E-state index contributed by atoms with van der Waals surface area (Å²) in [6, 6.07) is 4.95. The molecule has 1 fully saturated rings. The van der Waals surface area contributed by atoms with Gasteiger partial charge in [-0.3, -0.25) is 0 Å². The molecule has 18 heavy (non-hydrogen) atoms. The van der Waals surface area contributed by atoms with Crippen molar-refractivity contribution in [3.05, 3.63) is 29.6 Å². The van der Waals surface area contributed by atoms with Crippen LogP contribution in [0.2, 0.25) is 0 Å². The predicted molar refractivity (Wildman–Crippen MR) is 72.2 cm³/mol. The van der Waals surface area contributed by atoms with E-state index in [0.29, 0.717) is 0 Å². The second-order valence-corrected chi connectivity index (χ2v) is 5.76. The van der Waals surface area contributed by atoms with E-state index in [1.54, 1.807) is 0 Å². The maximum absolute atomic E-state index is 13.4. The van der Waals surface area contributed by atoms with E-state index < -0.39 is 0 Å². The molecule has 3 heteroatoms. The fourth-order valence-corrected chi connectivity index (χ4v) is 2.75. The highest BCUT2D eigenvalue weighted by Gasteiger charge is 2.33. The Kier molecular flexibility index (Phi) is 3.91. The molecule has 2 rings (SSSR count). The Balaban J connectivity index is 2.14. The maximum atomic E-state index is 13.4. The lowest BCUT2D eigenvalue weighted by molar-refractivity contribution is 0.155. The first-order chi connectivity index (χ1) is 8.53. The molecule has 0 atom stereocenters. The fourth-order valence-electron chi connectivity index (χ4n) is 2.75. The van der Waals surface area contributed by atoms with Gasteiger partial charge in [-0.1, -0.05) is 6.92 Å². The Labute approximate surface area is 108 Å². The third-order valence-electron chi connectivity index (χ3n) is 3.99. The van der Waals surface area contributed by atoms with Crippen molar-refractivity contribution in [2.45, 2.75) is 45.1 Å². The summed E-state index contributed by atoms with van der Waals surface area (Å²) in [5, 5.41) is 13.0. The molecule has 0 aromatic heterocycles. The average molecular weight is 251 g/mol. The van der Waals surface area contributed by atoms with Crippen LogP contribution in [0.25, 0.3) is 0 Å². The molecule has 0 spiro atoms. The molecule has 2 nitrogen and oxygen atoms in total. The van der Waals surface area contributed by atoms with E-state index in [1.807, 2.05) is 13.0 Å². The summed E-state index contributed by atoms with van der Waals surface area (Å²) in [6.45, 7) is 4.23. The average Bonchev–Trinajstić information content (AvgIpc) is 2.31. The van der Waals surface area contributed by atoms with Gasteiger partial charge in [0.25, 0.3) is 0 Å². The smallest absolute Gasteiger partial charge is 0.125 e. The van der Waals surface area contributed by atoms with Crippen molar-refractivity contribution in [2.24, 2.45) is 5.92 Å². The van der Waals surface area contributed by atoms with Crippen molar-refractivity contribution in [3.8, 4) is 0 Å². The summed E-state index contributed by atoms with van der Waals surface area (Å²) in [5.74, 6) is 0.496. The van der Waals surface area contributed by atoms with Crippen molar-refractivity contribution < 1.29 is 9.50 Å². The molecule has 100 valence electrons. The largest absolute Gasteiger partial charge is 0.394 e. The highest BCUT2D eigenvalue weighted by Crippen LogP contribution is 2.34. The van der Waals surface area contributed by atoms with Crippen LogP contribution in [0.4, 0.5) is 10.1 Å². The molecule has 1 saturated carbocycles. The third-order valence-corrected chi connectivity index (χ3v) is 3.99. The second kappa shape index (κ2) is 5.27. The number of anilines is 1. The first-order valence-electron chi connectivity index (χ1n) is 6.69. The Morgan fingerprint density at radius 3 is 2.56 bits per heavy atom. The molecular weight excluding hydrogens is 229 g/mol. The number of aryl methyl sites for hydroxylation is 1. The molecule has 1 aliphatic rings. The fraction of sp³-hybridized carbons (Fsp3) is 0.600. The van der Waals surface area contributed by atoms with Crippen LogP contribution in [0.1, 0.15) is 38.2 Å². The van der Waals surface area contributed by atoms with Crippen molar-refractivity contribution in [1.29, 1.82) is 0 Å². The lowest BCUT2D eigenvalue weighted by Crippen LogP contribution is -2.45. The van der Waals surface area contributed by atoms with Crippen molar-refractivity contribution >= 4 is 5.69 Å². The summed E-state index contributed by atoms with van der Waals surface area (Å²) in [5.41, 5.74) is 1.40. The molecular formula is C15H22FNO. The van der Waals surface area contributed by atoms with Gasteiger partial charge in [-0.15, -0.1) is 0 Å². The molecule has 2 N–H and O–H groups in total. The van der Waals surface area contributed by atoms with Gasteiger partial charge in [0.2, 0.25) is 0 Å². The number of aliphatic hydroxyl groups excluding tert-OH is 1. The summed E-state index contributed by atoms with van der Waals surface area (Å²) >= 11 is 0. The summed E-state index contributed by atoms with van der Waals surface area (Å²) in [4.78, 5) is 0. The van der Waals surface area contributed by atoms with E-state index >= 15 is 0 Å². The third kappa shape index (κ3) is 3.02. The second-order valence-electron chi connectivity index (χ2n) is 5.76. The monoisotopic (exact) mass is 251 g/mol. The van der Waals surface area contributed by atoms with Crippen molar-refractivity contribution in [2.75, 3.05) is 11.9 Å². The highest BCUT2D eigenvalue weighted by atomic mass is 19.1. The van der Waals surface area contributed by atoms with Gasteiger partial charge < -0.3 is 10.4 Å². The van der Waals surface area contributed by atoms with E-state index in [2.05, 4.69) is 12.2 Å². The Hall–Kier alpha value is -1.09. The first-order valence-corrected chi connectivity index (χ1v) is 6.69. The summed E-state index contributed by atoms with van der Waals surface area (Å²) < 4.78 is 13.4. The van der Waals surface area contributed by atoms with Crippen LogP contribution in [0, 0.1) is 18.7 Å². The van der Waals surface area contributed by atoms with Gasteiger partial charge in [0.15, 0.2) is 0 Å². The minimum atomic E-state index is -0.271. The topological polar surface area (TPSA) is 32.3 Å². The molecule has 0 radical (unpaired) electrons. The molecule has 1 aliphatic carbocycles. The zero-order valence-electron chi connectivity index (χ0n) is 11.2. The number of hydrogen-bond donors (Lipinski definition) is 2. The van der Waals surface area contributed by atoms with Gasteiger partial charge in [-0.05, 0) is 62.3 Å². The highest BCUT2D eigenvalue weighted by molar-refractivity contribution is 5.48. The number of hydrogen-bond acceptors (Lipinski definition) is 2. The van der Waals surface area contributed by atoms with Crippen LogP contribution in [0.3, 0.4) is 0 Å². The molecule has 1 aromatic rings. The van der Waals surface area contributed by atoms with E-state index in [9.17, 15) is 9.50 Å². The predicted octanol–water partition coefficient (Wildman–Crippen LogP) is 3.49. The standard InChI is InChI=1S/C15H22FNO/c1-11-3-5-15(10-18,6-4-11)17-14-8-12(2)7-13(16)9-14/h7-9,11,17-18H,3-6,10H2,1-2H3. The quantitative estimate of drug-likeness (QED) is 0.862.